The summed E-state index contributed by atoms with van der Waals surface area (Å²) in [5.74, 6) is 3.00. The highest BCUT2D eigenvalue weighted by molar-refractivity contribution is 7.98. The van der Waals surface area contributed by atoms with E-state index in [0.29, 0.717) is 35.5 Å². The Morgan fingerprint density at radius 1 is 1.12 bits per heavy atom. The third kappa shape index (κ3) is 4.40. The molecule has 9 nitrogen and oxygen atoms in total. The molecule has 2 fully saturated rings. The maximum atomic E-state index is 14.4. The van der Waals surface area contributed by atoms with Crippen LogP contribution in [0.3, 0.4) is 0 Å². The molecule has 0 N–H and O–H groups in total. The van der Waals surface area contributed by atoms with Gasteiger partial charge in [-0.05, 0) is 74.4 Å². The SMILES string of the molecule is C=S(=O)(c1cnn(C)c1)N(C1CC1)[C@H]1CCC2=Cc3c(nnn3-c3ccc(F)cc3)C[C@]2(C(=O)c2cc(F)ccn2)C1. The van der Waals surface area contributed by atoms with Crippen molar-refractivity contribution >= 4 is 27.4 Å². The van der Waals surface area contributed by atoms with Crippen LogP contribution in [-0.4, -0.2) is 62.0 Å². The van der Waals surface area contributed by atoms with Crippen LogP contribution in [0.4, 0.5) is 8.78 Å². The molecule has 3 atom stereocenters. The Bertz CT molecular complexity index is 1840. The van der Waals surface area contributed by atoms with Crippen LogP contribution in [0.15, 0.2) is 65.5 Å². The summed E-state index contributed by atoms with van der Waals surface area (Å²) in [5.41, 5.74) is 1.81. The van der Waals surface area contributed by atoms with Gasteiger partial charge in [0.2, 0.25) is 0 Å². The maximum absolute atomic E-state index is 14.4. The van der Waals surface area contributed by atoms with Crippen LogP contribution >= 0.6 is 0 Å². The van der Waals surface area contributed by atoms with Crippen LogP contribution in [0.2, 0.25) is 0 Å². The van der Waals surface area contributed by atoms with Gasteiger partial charge >= 0.3 is 0 Å². The molecule has 0 spiro atoms. The maximum Gasteiger partial charge on any atom is 0.191 e. The summed E-state index contributed by atoms with van der Waals surface area (Å²) in [6.45, 7) is 0. The molecular weight excluding hydrogens is 560 g/mol. The number of carbonyl (C=O) groups is 1. The number of ketones is 1. The van der Waals surface area contributed by atoms with E-state index in [1.807, 2.05) is 10.4 Å². The fraction of sp³-hybridized carbons (Fsp3) is 0.333. The molecule has 3 heterocycles. The minimum atomic E-state index is -2.89. The first-order valence-corrected chi connectivity index (χ1v) is 15.6. The van der Waals surface area contributed by atoms with Crippen molar-refractivity contribution in [2.24, 2.45) is 12.5 Å². The van der Waals surface area contributed by atoms with Gasteiger partial charge in [-0.3, -0.25) is 14.5 Å². The van der Waals surface area contributed by atoms with Gasteiger partial charge in [0, 0.05) is 44.0 Å². The summed E-state index contributed by atoms with van der Waals surface area (Å²) in [6.07, 6.45) is 10.1. The highest BCUT2D eigenvalue weighted by Gasteiger charge is 2.53. The number of rotatable bonds is 7. The minimum absolute atomic E-state index is 0.0384. The molecule has 4 aromatic rings. The molecule has 0 aliphatic heterocycles. The summed E-state index contributed by atoms with van der Waals surface area (Å²) in [7, 11) is -1.12. The molecule has 42 heavy (non-hydrogen) atoms. The van der Waals surface area contributed by atoms with Gasteiger partial charge in [0.1, 0.15) is 17.3 Å². The number of pyridine rings is 1. The van der Waals surface area contributed by atoms with E-state index in [2.05, 4.69) is 26.3 Å². The van der Waals surface area contributed by atoms with Crippen molar-refractivity contribution in [2.75, 3.05) is 0 Å². The van der Waals surface area contributed by atoms with E-state index >= 15 is 0 Å². The van der Waals surface area contributed by atoms with Gasteiger partial charge < -0.3 is 0 Å². The van der Waals surface area contributed by atoms with Crippen LogP contribution in [-0.2, 0) is 23.2 Å². The number of halogens is 2. The lowest BCUT2D eigenvalue weighted by Gasteiger charge is -2.47. The number of carbonyl (C=O) groups excluding carboxylic acids is 1. The summed E-state index contributed by atoms with van der Waals surface area (Å²) in [6, 6.07) is 8.21. The molecule has 12 heteroatoms. The first-order chi connectivity index (χ1) is 20.2. The number of fused-ring (bicyclic) bond motifs is 2. The number of benzene rings is 1. The second-order valence-corrected chi connectivity index (χ2v) is 13.6. The third-order valence-electron chi connectivity index (χ3n) is 8.62. The molecule has 3 aliphatic carbocycles. The summed E-state index contributed by atoms with van der Waals surface area (Å²) in [4.78, 5) is 19.2. The van der Waals surface area contributed by atoms with Crippen molar-refractivity contribution in [1.29, 1.82) is 0 Å². The highest BCUT2D eigenvalue weighted by atomic mass is 32.2. The van der Waals surface area contributed by atoms with Crippen LogP contribution in [0.1, 0.15) is 54.0 Å². The first-order valence-electron chi connectivity index (χ1n) is 13.9. The molecule has 3 aliphatic rings. The van der Waals surface area contributed by atoms with Crippen molar-refractivity contribution in [3.05, 3.63) is 89.3 Å². The molecular formula is C30H29F2N7O2S. The van der Waals surface area contributed by atoms with Crippen LogP contribution in [0.5, 0.6) is 0 Å². The van der Waals surface area contributed by atoms with Gasteiger partial charge in [-0.2, -0.15) is 5.10 Å². The van der Waals surface area contributed by atoms with Crippen LogP contribution in [0.25, 0.3) is 11.8 Å². The minimum Gasteiger partial charge on any atom is -0.291 e. The summed E-state index contributed by atoms with van der Waals surface area (Å²) >= 11 is 0. The second-order valence-electron chi connectivity index (χ2n) is 11.4. The lowest BCUT2D eigenvalue weighted by molar-refractivity contribution is 0.0734. The van der Waals surface area contributed by atoms with Crippen LogP contribution in [0, 0.1) is 17.0 Å². The highest BCUT2D eigenvalue weighted by Crippen LogP contribution is 2.52. The number of nitrogens with zero attached hydrogens (tertiary/aromatic N) is 7. The Balaban J connectivity index is 1.32. The Morgan fingerprint density at radius 2 is 1.90 bits per heavy atom. The monoisotopic (exact) mass is 589 g/mol. The molecule has 0 radical (unpaired) electrons. The standard InChI is InChI=1S/C30H29F2N7O2S/c1-37-18-25(17-34-37)42(2,41)39(23-9-10-23)24-6-3-19-13-28-27(35-36-38(28)22-7-4-20(31)5-8-22)16-30(19,15-24)29(40)26-14-21(32)11-12-33-26/h4-5,7-8,11-14,17-18,23-24H,2-3,6,9-10,15-16H2,1H3/t24-,30+,42?/m0/s1. The zero-order valence-corrected chi connectivity index (χ0v) is 23.8. The van der Waals surface area contributed by atoms with Crippen molar-refractivity contribution in [1.82, 2.24) is 34.1 Å². The Morgan fingerprint density at radius 3 is 2.60 bits per heavy atom. The quantitative estimate of drug-likeness (QED) is 0.237. The normalized spacial score (nSPS) is 23.1. The summed E-state index contributed by atoms with van der Waals surface area (Å²) < 4.78 is 47.6. The first kappa shape index (κ1) is 26.8. The largest absolute Gasteiger partial charge is 0.291 e. The van der Waals surface area contributed by atoms with Gasteiger partial charge in [0.05, 0.1) is 43.3 Å². The van der Waals surface area contributed by atoms with E-state index in [1.54, 1.807) is 40.9 Å². The average molecular weight is 590 g/mol. The number of aromatic nitrogens is 6. The smallest absolute Gasteiger partial charge is 0.191 e. The topological polar surface area (TPSA) is 98.8 Å². The number of Topliss-reactive ketones (excluding diaryl/α,β-unsaturated/α-hetero) is 1. The van der Waals surface area contributed by atoms with Crippen molar-refractivity contribution in [3.63, 3.8) is 0 Å². The predicted molar refractivity (Wildman–Crippen MR) is 153 cm³/mol. The van der Waals surface area contributed by atoms with Crippen LogP contribution < -0.4 is 0 Å². The predicted octanol–water partition coefficient (Wildman–Crippen LogP) is 4.19. The summed E-state index contributed by atoms with van der Waals surface area (Å²) in [5, 5.41) is 13.0. The fourth-order valence-electron chi connectivity index (χ4n) is 6.51. The van der Waals surface area contributed by atoms with Gasteiger partial charge in [-0.25, -0.2) is 22.0 Å². The van der Waals surface area contributed by atoms with Gasteiger partial charge in [0.25, 0.3) is 0 Å². The number of hydrogen-bond acceptors (Lipinski definition) is 6. The number of allylic oxidation sites excluding steroid dienone is 1. The molecule has 7 rings (SSSR count). The van der Waals surface area contributed by atoms with Crippen molar-refractivity contribution < 1.29 is 17.8 Å². The Kier molecular flexibility index (Phi) is 6.24. The van der Waals surface area contributed by atoms with E-state index in [-0.39, 0.29) is 35.8 Å². The zero-order chi connectivity index (χ0) is 29.2. The lowest BCUT2D eigenvalue weighted by Crippen LogP contribution is -2.51. The van der Waals surface area contributed by atoms with Crippen molar-refractivity contribution in [2.45, 2.75) is 55.5 Å². The van der Waals surface area contributed by atoms with E-state index in [9.17, 15) is 17.8 Å². The third-order valence-corrected chi connectivity index (χ3v) is 10.8. The van der Waals surface area contributed by atoms with Gasteiger partial charge in [0.15, 0.2) is 5.78 Å². The van der Waals surface area contributed by atoms with E-state index in [1.165, 1.54) is 30.5 Å². The van der Waals surface area contributed by atoms with E-state index in [4.69, 9.17) is 0 Å². The number of hydrogen-bond donors (Lipinski definition) is 0. The average Bonchev–Trinajstić information content (AvgIpc) is 3.55. The Hall–Kier alpha value is -4.03. The molecule has 216 valence electrons. The Labute approximate surface area is 242 Å². The van der Waals surface area contributed by atoms with E-state index in [0.717, 1.165) is 24.1 Å². The van der Waals surface area contributed by atoms with Gasteiger partial charge in [-0.1, -0.05) is 10.8 Å². The van der Waals surface area contributed by atoms with Crippen molar-refractivity contribution in [3.8, 4) is 5.69 Å². The molecule has 0 saturated heterocycles. The molecule has 2 saturated carbocycles. The number of aryl methyl sites for hydroxylation is 1. The second kappa shape index (κ2) is 9.77. The van der Waals surface area contributed by atoms with Gasteiger partial charge in [-0.15, -0.1) is 5.10 Å². The van der Waals surface area contributed by atoms with E-state index < -0.39 is 20.9 Å². The molecule has 1 unspecified atom stereocenters. The molecule has 1 aromatic carbocycles. The molecule has 3 aromatic heterocycles. The molecule has 0 bridgehead atoms. The zero-order valence-electron chi connectivity index (χ0n) is 23.0. The molecule has 0 amide bonds. The fourth-order valence-corrected chi connectivity index (χ4v) is 8.64. The lowest BCUT2D eigenvalue weighted by atomic mass is 9.61.